The number of rotatable bonds is 6. The maximum atomic E-state index is 13.1. The summed E-state index contributed by atoms with van der Waals surface area (Å²) >= 11 is 0. The zero-order valence-electron chi connectivity index (χ0n) is 18.6. The van der Waals surface area contributed by atoms with Crippen LogP contribution in [0.25, 0.3) is 10.8 Å². The first-order valence-electron chi connectivity index (χ1n) is 11.2. The van der Waals surface area contributed by atoms with Gasteiger partial charge in [0.25, 0.3) is 10.0 Å². The van der Waals surface area contributed by atoms with Gasteiger partial charge in [-0.1, -0.05) is 24.3 Å². The number of benzene rings is 3. The molecule has 0 saturated carbocycles. The molecular formula is C25H27N3O4S. The number of carbonyl (C=O) groups is 1. The Morgan fingerprint density at radius 1 is 0.939 bits per heavy atom. The first kappa shape index (κ1) is 21.6. The molecule has 0 radical (unpaired) electrons. The van der Waals surface area contributed by atoms with E-state index >= 15 is 0 Å². The van der Waals surface area contributed by atoms with Gasteiger partial charge in [-0.15, -0.1) is 0 Å². The van der Waals surface area contributed by atoms with Crippen molar-refractivity contribution < 1.29 is 17.9 Å². The summed E-state index contributed by atoms with van der Waals surface area (Å²) in [5, 5.41) is 1.70. The molecule has 1 fully saturated rings. The molecule has 3 aromatic rings. The van der Waals surface area contributed by atoms with Crippen molar-refractivity contribution in [3.8, 4) is 5.75 Å². The van der Waals surface area contributed by atoms with Gasteiger partial charge in [-0.3, -0.25) is 9.10 Å². The number of methoxy groups -OCH3 is 1. The summed E-state index contributed by atoms with van der Waals surface area (Å²) in [4.78, 5) is 17.3. The van der Waals surface area contributed by atoms with E-state index < -0.39 is 10.0 Å². The van der Waals surface area contributed by atoms with Gasteiger partial charge in [-0.25, -0.2) is 8.42 Å². The van der Waals surface area contributed by atoms with Crippen molar-refractivity contribution in [2.45, 2.75) is 17.7 Å². The normalized spacial score (nSPS) is 16.9. The number of hydrogen-bond donors (Lipinski definition) is 0. The molecule has 33 heavy (non-hydrogen) atoms. The molecule has 8 heteroatoms. The van der Waals surface area contributed by atoms with E-state index in [9.17, 15) is 13.2 Å². The molecule has 0 aromatic heterocycles. The first-order valence-corrected chi connectivity index (χ1v) is 12.6. The lowest BCUT2D eigenvalue weighted by molar-refractivity contribution is -0.131. The van der Waals surface area contributed by atoms with Crippen molar-refractivity contribution >= 4 is 38.1 Å². The van der Waals surface area contributed by atoms with E-state index in [-0.39, 0.29) is 5.91 Å². The number of nitrogens with zero attached hydrogens (tertiary/aromatic N) is 3. The number of amides is 1. The van der Waals surface area contributed by atoms with E-state index in [0.717, 1.165) is 35.3 Å². The van der Waals surface area contributed by atoms with Crippen LogP contribution < -0.4 is 13.9 Å². The van der Waals surface area contributed by atoms with Crippen molar-refractivity contribution in [3.05, 3.63) is 60.7 Å². The lowest BCUT2D eigenvalue weighted by atomic mass is 10.1. The predicted octanol–water partition coefficient (Wildman–Crippen LogP) is 3.49. The second-order valence-corrected chi connectivity index (χ2v) is 10.2. The maximum Gasteiger partial charge on any atom is 0.265 e. The van der Waals surface area contributed by atoms with Crippen LogP contribution in [-0.2, 0) is 14.8 Å². The van der Waals surface area contributed by atoms with Crippen LogP contribution >= 0.6 is 0 Å². The van der Waals surface area contributed by atoms with Crippen LogP contribution in [0.4, 0.5) is 11.4 Å². The van der Waals surface area contributed by atoms with Gasteiger partial charge in [0.15, 0.2) is 0 Å². The Kier molecular flexibility index (Phi) is 5.62. The van der Waals surface area contributed by atoms with Crippen molar-refractivity contribution in [2.75, 3.05) is 49.0 Å². The Morgan fingerprint density at radius 2 is 1.64 bits per heavy atom. The lowest BCUT2D eigenvalue weighted by Crippen LogP contribution is -2.48. The van der Waals surface area contributed by atoms with Gasteiger partial charge < -0.3 is 14.5 Å². The second-order valence-electron chi connectivity index (χ2n) is 8.38. The molecule has 2 aliphatic rings. The quantitative estimate of drug-likeness (QED) is 0.557. The molecule has 172 valence electrons. The molecule has 1 amide bonds. The largest absolute Gasteiger partial charge is 0.497 e. The Balaban J connectivity index is 1.17. The third kappa shape index (κ3) is 3.88. The van der Waals surface area contributed by atoms with Crippen LogP contribution in [0.15, 0.2) is 65.6 Å². The number of hydrogen-bond acceptors (Lipinski definition) is 5. The topological polar surface area (TPSA) is 70.2 Å². The summed E-state index contributed by atoms with van der Waals surface area (Å²) in [5.41, 5.74) is 1.83. The van der Waals surface area contributed by atoms with Crippen molar-refractivity contribution in [2.24, 2.45) is 0 Å². The average molecular weight is 466 g/mol. The van der Waals surface area contributed by atoms with E-state index in [0.29, 0.717) is 43.1 Å². The Bertz CT molecular complexity index is 1280. The van der Waals surface area contributed by atoms with E-state index in [1.807, 2.05) is 53.4 Å². The van der Waals surface area contributed by atoms with Crippen LogP contribution in [0, 0.1) is 0 Å². The molecule has 2 heterocycles. The van der Waals surface area contributed by atoms with Gasteiger partial charge in [0.1, 0.15) is 5.75 Å². The van der Waals surface area contributed by atoms with E-state index in [2.05, 4.69) is 4.90 Å². The Hall–Kier alpha value is -3.26. The van der Waals surface area contributed by atoms with Crippen molar-refractivity contribution in [1.82, 2.24) is 4.90 Å². The van der Waals surface area contributed by atoms with Crippen molar-refractivity contribution in [1.29, 1.82) is 0 Å². The van der Waals surface area contributed by atoms with E-state index in [1.54, 1.807) is 19.2 Å². The van der Waals surface area contributed by atoms with Crippen molar-refractivity contribution in [3.63, 3.8) is 0 Å². The van der Waals surface area contributed by atoms with Crippen LogP contribution in [0.2, 0.25) is 0 Å². The number of anilines is 2. The van der Waals surface area contributed by atoms with Crippen LogP contribution in [-0.4, -0.2) is 59.1 Å². The molecule has 1 saturated heterocycles. The minimum Gasteiger partial charge on any atom is -0.497 e. The molecule has 2 aliphatic heterocycles. The van der Waals surface area contributed by atoms with Crippen LogP contribution in [0.3, 0.4) is 0 Å². The third-order valence-corrected chi connectivity index (χ3v) is 8.36. The van der Waals surface area contributed by atoms with Gasteiger partial charge in [0.2, 0.25) is 5.91 Å². The number of ether oxygens (including phenoxy) is 1. The molecule has 3 aromatic carbocycles. The molecule has 7 nitrogen and oxygen atoms in total. The van der Waals surface area contributed by atoms with E-state index in [1.165, 1.54) is 4.31 Å². The van der Waals surface area contributed by atoms with Gasteiger partial charge >= 0.3 is 0 Å². The maximum absolute atomic E-state index is 13.1. The average Bonchev–Trinajstić information content (AvgIpc) is 3.07. The smallest absolute Gasteiger partial charge is 0.265 e. The third-order valence-electron chi connectivity index (χ3n) is 6.50. The zero-order chi connectivity index (χ0) is 23.0. The fourth-order valence-corrected chi connectivity index (χ4v) is 6.49. The van der Waals surface area contributed by atoms with Crippen LogP contribution in [0.5, 0.6) is 5.75 Å². The predicted molar refractivity (Wildman–Crippen MR) is 130 cm³/mol. The Morgan fingerprint density at radius 3 is 2.33 bits per heavy atom. The standard InChI is InChI=1S/C25H27N3O4S/c1-32-21-12-10-20(11-13-21)26-15-17-27(18-16-26)24(29)9-4-14-28-22-7-2-5-19-6-3-8-23(25(19)22)33(28,30)31/h2-3,5-8,10-13H,4,9,14-18H2,1H3. The number of carbonyl (C=O) groups excluding carboxylic acids is 1. The van der Waals surface area contributed by atoms with Gasteiger partial charge in [-0.2, -0.15) is 0 Å². The SMILES string of the molecule is COc1ccc(N2CCN(C(=O)CCCN3c4cccc5cccc(c45)S3(=O)=O)CC2)cc1. The highest BCUT2D eigenvalue weighted by atomic mass is 32.2. The van der Waals surface area contributed by atoms with E-state index in [4.69, 9.17) is 4.74 Å². The highest BCUT2D eigenvalue weighted by Crippen LogP contribution is 2.42. The number of sulfonamides is 1. The molecule has 0 N–H and O–H groups in total. The fourth-order valence-electron chi connectivity index (χ4n) is 4.74. The summed E-state index contributed by atoms with van der Waals surface area (Å²) in [6.07, 6.45) is 0.821. The first-order chi connectivity index (χ1) is 16.0. The number of piperazine rings is 1. The lowest BCUT2D eigenvalue weighted by Gasteiger charge is -2.36. The summed E-state index contributed by atoms with van der Waals surface area (Å²) in [6.45, 7) is 3.18. The summed E-state index contributed by atoms with van der Waals surface area (Å²) in [7, 11) is -1.92. The zero-order valence-corrected chi connectivity index (χ0v) is 19.4. The molecule has 0 atom stereocenters. The van der Waals surface area contributed by atoms with Crippen LogP contribution in [0.1, 0.15) is 12.8 Å². The van der Waals surface area contributed by atoms with Gasteiger partial charge in [-0.05, 0) is 48.2 Å². The minimum atomic E-state index is -3.57. The minimum absolute atomic E-state index is 0.0803. The molecule has 0 aliphatic carbocycles. The summed E-state index contributed by atoms with van der Waals surface area (Å²) in [5.74, 6) is 0.906. The molecular weight excluding hydrogens is 438 g/mol. The monoisotopic (exact) mass is 465 g/mol. The molecule has 5 rings (SSSR count). The molecule has 0 bridgehead atoms. The fraction of sp³-hybridized carbons (Fsp3) is 0.320. The highest BCUT2D eigenvalue weighted by molar-refractivity contribution is 7.93. The van der Waals surface area contributed by atoms with Gasteiger partial charge in [0.05, 0.1) is 17.7 Å². The molecule has 0 spiro atoms. The Labute approximate surface area is 194 Å². The molecule has 0 unspecified atom stereocenters. The second kappa shape index (κ2) is 8.59. The van der Waals surface area contributed by atoms with Gasteiger partial charge in [0, 0.05) is 50.2 Å². The highest BCUT2D eigenvalue weighted by Gasteiger charge is 2.35. The summed E-state index contributed by atoms with van der Waals surface area (Å²) in [6, 6.07) is 19.0. The summed E-state index contributed by atoms with van der Waals surface area (Å²) < 4.78 is 32.8.